The molecule has 1 aromatic heterocycles. The summed E-state index contributed by atoms with van der Waals surface area (Å²) in [4.78, 5) is 7.02. The third-order valence-electron chi connectivity index (χ3n) is 6.82. The molecule has 1 atom stereocenters. The van der Waals surface area contributed by atoms with Gasteiger partial charge in [0, 0.05) is 36.7 Å². The van der Waals surface area contributed by atoms with Crippen molar-refractivity contribution in [3.63, 3.8) is 0 Å². The van der Waals surface area contributed by atoms with E-state index in [4.69, 9.17) is 25.6 Å². The van der Waals surface area contributed by atoms with Crippen LogP contribution in [0.3, 0.4) is 0 Å². The molecule has 0 radical (unpaired) electrons. The van der Waals surface area contributed by atoms with E-state index >= 15 is 0 Å². The lowest BCUT2D eigenvalue weighted by Gasteiger charge is -2.25. The number of anilines is 1. The van der Waals surface area contributed by atoms with Crippen LogP contribution in [0.5, 0.6) is 5.75 Å². The minimum Gasteiger partial charge on any atom is -0.497 e. The molecule has 1 aliphatic carbocycles. The zero-order valence-corrected chi connectivity index (χ0v) is 23.0. The Bertz CT molecular complexity index is 1430. The molecule has 7 nitrogen and oxygen atoms in total. The van der Waals surface area contributed by atoms with Crippen molar-refractivity contribution in [2.24, 2.45) is 5.16 Å². The predicted molar refractivity (Wildman–Crippen MR) is 143 cm³/mol. The van der Waals surface area contributed by atoms with Crippen LogP contribution in [0.15, 0.2) is 69.3 Å². The number of aryl methyl sites for hydroxylation is 1. The number of hydrogen-bond donors (Lipinski definition) is 0. The second-order valence-corrected chi connectivity index (χ2v) is 12.0. The third kappa shape index (κ3) is 4.71. The highest BCUT2D eigenvalue weighted by Gasteiger charge is 2.49. The van der Waals surface area contributed by atoms with Crippen LogP contribution < -0.4 is 9.64 Å². The topological polar surface area (TPSA) is 81.1 Å². The second-order valence-electron chi connectivity index (χ2n) is 9.28. The first kappa shape index (κ1) is 25.0. The molecule has 5 rings (SSSR count). The fourth-order valence-corrected chi connectivity index (χ4v) is 6.39. The maximum absolute atomic E-state index is 12.6. The van der Waals surface area contributed by atoms with Crippen LogP contribution in [0.1, 0.15) is 36.0 Å². The highest BCUT2D eigenvalue weighted by Crippen LogP contribution is 2.53. The Morgan fingerprint density at radius 1 is 1.17 bits per heavy atom. The first-order chi connectivity index (χ1) is 17.2. The van der Waals surface area contributed by atoms with Crippen LogP contribution >= 0.6 is 27.5 Å². The Labute approximate surface area is 224 Å². The molecular formula is C26H25BrClN3O4S. The van der Waals surface area contributed by atoms with Crippen molar-refractivity contribution in [1.29, 1.82) is 0 Å². The van der Waals surface area contributed by atoms with Gasteiger partial charge in [-0.1, -0.05) is 46.6 Å². The number of oxime groups is 1. The van der Waals surface area contributed by atoms with Gasteiger partial charge in [-0.25, -0.2) is 4.98 Å². The number of rotatable bonds is 6. The molecule has 2 heterocycles. The number of benzene rings is 2. The average Bonchev–Trinajstić information content (AvgIpc) is 3.41. The van der Waals surface area contributed by atoms with Crippen LogP contribution in [0.2, 0.25) is 5.02 Å². The zero-order valence-electron chi connectivity index (χ0n) is 19.9. The first-order valence-corrected chi connectivity index (χ1v) is 14.1. The maximum Gasteiger partial charge on any atom is 0.358 e. The number of hydrogen-bond acceptors (Lipinski definition) is 7. The fraction of sp³-hybridized carbons (Fsp3) is 0.308. The van der Waals surface area contributed by atoms with E-state index in [0.717, 1.165) is 39.2 Å². The molecule has 0 saturated heterocycles. The highest BCUT2D eigenvalue weighted by atomic mass is 79.9. The van der Waals surface area contributed by atoms with E-state index in [-0.39, 0.29) is 10.3 Å². The largest absolute Gasteiger partial charge is 0.497 e. The average molecular weight is 591 g/mol. The number of methoxy groups -OCH3 is 1. The number of halogens is 2. The van der Waals surface area contributed by atoms with Gasteiger partial charge in [0.1, 0.15) is 16.5 Å². The molecule has 0 bridgehead atoms. The Morgan fingerprint density at radius 3 is 2.58 bits per heavy atom. The molecule has 188 valence electrons. The molecule has 3 aromatic rings. The molecule has 1 spiro atoms. The Hall–Kier alpha value is -2.62. The summed E-state index contributed by atoms with van der Waals surface area (Å²) in [6, 6.07) is 14.5. The minimum absolute atomic E-state index is 0.0817. The van der Waals surface area contributed by atoms with Gasteiger partial charge in [-0.05, 0) is 65.5 Å². The molecule has 1 unspecified atom stereocenters. The Kier molecular flexibility index (Phi) is 6.74. The van der Waals surface area contributed by atoms with E-state index in [1.54, 1.807) is 25.4 Å². The zero-order chi connectivity index (χ0) is 25.5. The predicted octanol–water partition coefficient (Wildman–Crippen LogP) is 6.02. The number of aromatic nitrogens is 1. The molecular weight excluding hydrogens is 566 g/mol. The van der Waals surface area contributed by atoms with Crippen molar-refractivity contribution < 1.29 is 17.4 Å². The highest BCUT2D eigenvalue weighted by molar-refractivity contribution is 9.10. The lowest BCUT2D eigenvalue weighted by atomic mass is 9.81. The molecule has 2 aromatic carbocycles. The number of nitrogens with zero attached hydrogens (tertiary/aromatic N) is 3. The molecule has 1 aliphatic heterocycles. The van der Waals surface area contributed by atoms with Crippen LogP contribution in [-0.2, 0) is 26.4 Å². The summed E-state index contributed by atoms with van der Waals surface area (Å²) in [5.74, 6) is 1.65. The monoisotopic (exact) mass is 589 g/mol. The van der Waals surface area contributed by atoms with E-state index in [1.165, 1.54) is 12.1 Å². The van der Waals surface area contributed by atoms with Gasteiger partial charge in [-0.15, -0.1) is 0 Å². The van der Waals surface area contributed by atoms with Gasteiger partial charge in [-0.3, -0.25) is 4.28 Å². The summed E-state index contributed by atoms with van der Waals surface area (Å²) in [7, 11) is -2.34. The van der Waals surface area contributed by atoms with E-state index in [2.05, 4.69) is 26.0 Å². The van der Waals surface area contributed by atoms with Gasteiger partial charge in [-0.2, -0.15) is 8.42 Å². The van der Waals surface area contributed by atoms with Crippen molar-refractivity contribution in [3.8, 4) is 5.75 Å². The van der Waals surface area contributed by atoms with Gasteiger partial charge in [0.15, 0.2) is 0 Å². The summed E-state index contributed by atoms with van der Waals surface area (Å²) in [5, 5.41) is 4.72. The molecule has 2 aliphatic rings. The van der Waals surface area contributed by atoms with E-state index in [1.807, 2.05) is 31.2 Å². The first-order valence-electron chi connectivity index (χ1n) is 11.5. The summed E-state index contributed by atoms with van der Waals surface area (Å²) >= 11 is 10.3. The van der Waals surface area contributed by atoms with Gasteiger partial charge in [0.2, 0.25) is 0 Å². The third-order valence-corrected chi connectivity index (χ3v) is 9.16. The lowest BCUT2D eigenvalue weighted by Crippen LogP contribution is -2.31. The van der Waals surface area contributed by atoms with Crippen molar-refractivity contribution in [2.75, 3.05) is 18.6 Å². The number of fused-ring (bicyclic) bond motifs is 2. The molecule has 1 saturated carbocycles. The fourth-order valence-electron chi connectivity index (χ4n) is 4.99. The molecule has 36 heavy (non-hydrogen) atoms. The molecule has 0 N–H and O–H groups in total. The summed E-state index contributed by atoms with van der Waals surface area (Å²) < 4.78 is 36.4. The van der Waals surface area contributed by atoms with Crippen LogP contribution in [0, 0.1) is 6.92 Å². The molecule has 0 amide bonds. The number of pyridine rings is 1. The standard InChI is InChI=1S/C26H25BrClN3O4S/c1-17-3-9-21(10-4-17)36(32,33)35-30-19-11-12-26(13-19)16-31(15-18-5-7-20(34-2)8-6-18)25-23(26)24(28)22(27)14-29-25/h3-10,14H,11-13,15-16H2,1-2H3. The van der Waals surface area contributed by atoms with Crippen LogP contribution in [0.4, 0.5) is 5.82 Å². The smallest absolute Gasteiger partial charge is 0.358 e. The van der Waals surface area contributed by atoms with E-state index < -0.39 is 10.1 Å². The molecule has 1 fully saturated rings. The Balaban J connectivity index is 1.40. The van der Waals surface area contributed by atoms with E-state index in [0.29, 0.717) is 36.7 Å². The van der Waals surface area contributed by atoms with Gasteiger partial charge >= 0.3 is 10.1 Å². The quantitative estimate of drug-likeness (QED) is 0.327. The second kappa shape index (κ2) is 9.68. The van der Waals surface area contributed by atoms with Gasteiger partial charge < -0.3 is 9.64 Å². The van der Waals surface area contributed by atoms with Gasteiger partial charge in [0.25, 0.3) is 0 Å². The lowest BCUT2D eigenvalue weighted by molar-refractivity contribution is 0.337. The number of ether oxygens (including phenoxy) is 1. The van der Waals surface area contributed by atoms with Crippen molar-refractivity contribution in [3.05, 3.63) is 80.9 Å². The SMILES string of the molecule is COc1ccc(CN2CC3(CCC(=NOS(=O)(=O)c4ccc(C)cc4)C3)c3c2ncc(Br)c3Cl)cc1. The molecule has 10 heteroatoms. The van der Waals surface area contributed by atoms with Crippen LogP contribution in [0.25, 0.3) is 0 Å². The Morgan fingerprint density at radius 2 is 1.89 bits per heavy atom. The van der Waals surface area contributed by atoms with Crippen molar-refractivity contribution in [1.82, 2.24) is 4.98 Å². The maximum atomic E-state index is 12.6. The summed E-state index contributed by atoms with van der Waals surface area (Å²) in [5.41, 5.74) is 3.43. The van der Waals surface area contributed by atoms with Crippen molar-refractivity contribution >= 4 is 49.2 Å². The van der Waals surface area contributed by atoms with Crippen LogP contribution in [-0.4, -0.2) is 32.8 Å². The summed E-state index contributed by atoms with van der Waals surface area (Å²) in [6.07, 6.45) is 3.65. The van der Waals surface area contributed by atoms with Gasteiger partial charge in [0.05, 0.1) is 22.3 Å². The normalized spacial score (nSPS) is 20.2. The minimum atomic E-state index is -3.99. The van der Waals surface area contributed by atoms with Crippen molar-refractivity contribution in [2.45, 2.75) is 43.0 Å². The van der Waals surface area contributed by atoms with E-state index in [9.17, 15) is 8.42 Å². The summed E-state index contributed by atoms with van der Waals surface area (Å²) in [6.45, 7) is 3.25.